The van der Waals surface area contributed by atoms with Gasteiger partial charge in [0.05, 0.1) is 0 Å². The average Bonchev–Trinajstić information content (AvgIpc) is 3.13. The number of rotatable bonds is 4. The van der Waals surface area contributed by atoms with Crippen molar-refractivity contribution in [2.45, 2.75) is 12.7 Å². The van der Waals surface area contributed by atoms with Crippen LogP contribution >= 0.6 is 0 Å². The Balaban J connectivity index is 0.000000345. The molecular weight excluding hydrogens is 384 g/mol. The van der Waals surface area contributed by atoms with Crippen LogP contribution in [0.15, 0.2) is 24.3 Å². The Labute approximate surface area is 159 Å². The summed E-state index contributed by atoms with van der Waals surface area (Å²) in [6, 6.07) is 6.79. The molecule has 0 radical (unpaired) electrons. The van der Waals surface area contributed by atoms with E-state index < -0.39 is 12.1 Å². The van der Waals surface area contributed by atoms with Crippen LogP contribution in [0.25, 0.3) is 0 Å². The van der Waals surface area contributed by atoms with Gasteiger partial charge in [0.25, 0.3) is 0 Å². The number of carbonyl (C=O) groups is 2. The fourth-order valence-electron chi connectivity index (χ4n) is 3.53. The van der Waals surface area contributed by atoms with Crippen LogP contribution in [0.4, 0.5) is 17.6 Å². The number of ether oxygens (including phenoxy) is 1. The second-order valence-corrected chi connectivity index (χ2v) is 6.88. The van der Waals surface area contributed by atoms with E-state index in [2.05, 4.69) is 4.90 Å². The number of carboxylic acids is 1. The number of carbonyl (C=O) groups excluding carboxylic acids is 1. The van der Waals surface area contributed by atoms with E-state index in [1.807, 2.05) is 11.0 Å². The van der Waals surface area contributed by atoms with Crippen LogP contribution in [-0.2, 0) is 20.9 Å². The third-order valence-electron chi connectivity index (χ3n) is 4.72. The fourth-order valence-corrected chi connectivity index (χ4v) is 3.53. The summed E-state index contributed by atoms with van der Waals surface area (Å²) in [4.78, 5) is 25.0. The smallest absolute Gasteiger partial charge is 0.475 e. The Hall–Kier alpha value is -2.20. The molecule has 2 heterocycles. The number of carboxylic acid groups (broad SMARTS) is 1. The number of alkyl halides is 3. The van der Waals surface area contributed by atoms with E-state index in [0.717, 1.165) is 38.3 Å². The van der Waals surface area contributed by atoms with Gasteiger partial charge in [0.2, 0.25) is 5.91 Å². The van der Waals surface area contributed by atoms with E-state index in [1.165, 1.54) is 6.07 Å². The van der Waals surface area contributed by atoms with Crippen LogP contribution in [0.5, 0.6) is 0 Å². The lowest BCUT2D eigenvalue weighted by molar-refractivity contribution is -0.192. The molecule has 10 heteroatoms. The number of fused-ring (bicyclic) bond motifs is 1. The average molecular weight is 406 g/mol. The van der Waals surface area contributed by atoms with Crippen molar-refractivity contribution in [2.24, 2.45) is 11.8 Å². The number of hydrogen-bond acceptors (Lipinski definition) is 4. The largest absolute Gasteiger partial charge is 0.490 e. The van der Waals surface area contributed by atoms with Crippen LogP contribution in [0.2, 0.25) is 0 Å². The molecule has 6 nitrogen and oxygen atoms in total. The Kier molecular flexibility index (Phi) is 7.36. The van der Waals surface area contributed by atoms with E-state index in [1.54, 1.807) is 19.2 Å². The van der Waals surface area contributed by atoms with E-state index in [-0.39, 0.29) is 18.3 Å². The molecule has 0 spiro atoms. The van der Waals surface area contributed by atoms with E-state index in [9.17, 15) is 22.4 Å². The first-order chi connectivity index (χ1) is 13.1. The zero-order chi connectivity index (χ0) is 20.9. The molecule has 28 heavy (non-hydrogen) atoms. The monoisotopic (exact) mass is 406 g/mol. The van der Waals surface area contributed by atoms with Gasteiger partial charge in [-0.15, -0.1) is 0 Å². The molecule has 0 saturated carbocycles. The molecule has 3 rings (SSSR count). The van der Waals surface area contributed by atoms with E-state index >= 15 is 0 Å². The summed E-state index contributed by atoms with van der Waals surface area (Å²) in [5, 5.41) is 7.12. The first-order valence-corrected chi connectivity index (χ1v) is 8.63. The van der Waals surface area contributed by atoms with Gasteiger partial charge in [-0.3, -0.25) is 9.69 Å². The highest BCUT2D eigenvalue weighted by Crippen LogP contribution is 2.31. The number of benzene rings is 1. The molecule has 0 aromatic heterocycles. The molecular formula is C18H22F4N2O4. The van der Waals surface area contributed by atoms with Crippen LogP contribution in [0.1, 0.15) is 5.56 Å². The first-order valence-electron chi connectivity index (χ1n) is 8.63. The number of nitrogens with zero attached hydrogens (tertiary/aromatic N) is 2. The van der Waals surface area contributed by atoms with Crippen molar-refractivity contribution in [2.75, 3.05) is 39.9 Å². The summed E-state index contributed by atoms with van der Waals surface area (Å²) in [7, 11) is 1.55. The minimum absolute atomic E-state index is 0.0866. The van der Waals surface area contributed by atoms with Gasteiger partial charge in [-0.2, -0.15) is 13.2 Å². The molecule has 156 valence electrons. The number of likely N-dealkylation sites (tertiary alicyclic amines) is 2. The lowest BCUT2D eigenvalue weighted by Crippen LogP contribution is -2.35. The van der Waals surface area contributed by atoms with Gasteiger partial charge in [-0.1, -0.05) is 12.1 Å². The highest BCUT2D eigenvalue weighted by molar-refractivity contribution is 5.77. The number of halogens is 4. The Morgan fingerprint density at radius 3 is 2.21 bits per heavy atom. The van der Waals surface area contributed by atoms with Crippen LogP contribution in [0.3, 0.4) is 0 Å². The molecule has 2 aliphatic heterocycles. The predicted octanol–water partition coefficient (Wildman–Crippen LogP) is 2.00. The summed E-state index contributed by atoms with van der Waals surface area (Å²) in [5.74, 6) is -1.77. The quantitative estimate of drug-likeness (QED) is 0.775. The molecule has 2 fully saturated rings. The first kappa shape index (κ1) is 22.1. The molecule has 2 saturated heterocycles. The van der Waals surface area contributed by atoms with Crippen molar-refractivity contribution in [3.63, 3.8) is 0 Å². The van der Waals surface area contributed by atoms with Crippen LogP contribution in [-0.4, -0.2) is 72.9 Å². The maximum Gasteiger partial charge on any atom is 0.490 e. The lowest BCUT2D eigenvalue weighted by atomic mass is 10.0. The topological polar surface area (TPSA) is 70.1 Å². The SMILES string of the molecule is COCC(=O)N1CC2CN(Cc3cccc(F)c3)CC2C1.O=C(O)C(F)(F)F. The third kappa shape index (κ3) is 6.16. The minimum atomic E-state index is -5.08. The zero-order valence-corrected chi connectivity index (χ0v) is 15.3. The number of methoxy groups -OCH3 is 1. The molecule has 0 bridgehead atoms. The highest BCUT2D eigenvalue weighted by Gasteiger charge is 2.41. The molecule has 1 aromatic rings. The molecule has 0 aliphatic carbocycles. The Morgan fingerprint density at radius 1 is 1.18 bits per heavy atom. The van der Waals surface area contributed by atoms with Crippen molar-refractivity contribution in [3.05, 3.63) is 35.6 Å². The standard InChI is InChI=1S/C16H21FN2O2.C2HF3O2/c1-21-11-16(20)19-9-13-7-18(8-14(13)10-19)6-12-3-2-4-15(17)5-12;3-2(4,5)1(6)7/h2-5,13-14H,6-11H2,1H3;(H,6,7). The van der Waals surface area contributed by atoms with Crippen molar-refractivity contribution in [3.8, 4) is 0 Å². The maximum absolute atomic E-state index is 13.2. The highest BCUT2D eigenvalue weighted by atomic mass is 19.4. The molecule has 1 aromatic carbocycles. The summed E-state index contributed by atoms with van der Waals surface area (Å²) >= 11 is 0. The van der Waals surface area contributed by atoms with E-state index in [4.69, 9.17) is 14.6 Å². The zero-order valence-electron chi connectivity index (χ0n) is 15.3. The molecule has 2 atom stereocenters. The fraction of sp³-hybridized carbons (Fsp3) is 0.556. The van der Waals surface area contributed by atoms with Crippen molar-refractivity contribution in [1.82, 2.24) is 9.80 Å². The Bertz CT molecular complexity index is 684. The molecule has 1 N–H and O–H groups in total. The number of amides is 1. The van der Waals surface area contributed by atoms with Gasteiger partial charge in [0, 0.05) is 39.8 Å². The van der Waals surface area contributed by atoms with Gasteiger partial charge >= 0.3 is 12.1 Å². The van der Waals surface area contributed by atoms with Crippen LogP contribution in [0, 0.1) is 17.7 Å². The third-order valence-corrected chi connectivity index (χ3v) is 4.72. The molecule has 1 amide bonds. The summed E-state index contributed by atoms with van der Waals surface area (Å²) in [6.45, 7) is 4.58. The number of aliphatic carboxylic acids is 1. The second-order valence-electron chi connectivity index (χ2n) is 6.88. The predicted molar refractivity (Wildman–Crippen MR) is 90.8 cm³/mol. The summed E-state index contributed by atoms with van der Waals surface area (Å²) < 4.78 is 49.9. The van der Waals surface area contributed by atoms with Gasteiger partial charge in [0.15, 0.2) is 0 Å². The van der Waals surface area contributed by atoms with E-state index in [0.29, 0.717) is 11.8 Å². The lowest BCUT2D eigenvalue weighted by Gasteiger charge is -2.21. The van der Waals surface area contributed by atoms with Gasteiger partial charge in [-0.05, 0) is 29.5 Å². The minimum Gasteiger partial charge on any atom is -0.475 e. The van der Waals surface area contributed by atoms with Gasteiger partial charge < -0.3 is 14.7 Å². The molecule has 2 aliphatic rings. The van der Waals surface area contributed by atoms with Crippen LogP contribution < -0.4 is 0 Å². The van der Waals surface area contributed by atoms with Crippen molar-refractivity contribution >= 4 is 11.9 Å². The normalized spacial score (nSPS) is 21.8. The summed E-state index contributed by atoms with van der Waals surface area (Å²) in [5.41, 5.74) is 1.02. The van der Waals surface area contributed by atoms with Gasteiger partial charge in [0.1, 0.15) is 12.4 Å². The number of hydrogen-bond donors (Lipinski definition) is 1. The van der Waals surface area contributed by atoms with Crippen molar-refractivity contribution < 1.29 is 37.0 Å². The van der Waals surface area contributed by atoms with Crippen molar-refractivity contribution in [1.29, 1.82) is 0 Å². The van der Waals surface area contributed by atoms with Gasteiger partial charge in [-0.25, -0.2) is 9.18 Å². The Morgan fingerprint density at radius 2 is 1.75 bits per heavy atom. The molecule has 2 unspecified atom stereocenters. The summed E-state index contributed by atoms with van der Waals surface area (Å²) in [6.07, 6.45) is -5.08. The maximum atomic E-state index is 13.2. The second kappa shape index (κ2) is 9.33.